The number of rotatable bonds is 3. The van der Waals surface area contributed by atoms with Gasteiger partial charge in [-0.25, -0.2) is 0 Å². The van der Waals surface area contributed by atoms with E-state index in [4.69, 9.17) is 5.73 Å². The molecule has 5 nitrogen and oxygen atoms in total. The Hall–Kier alpha value is -1.88. The molecule has 0 unspecified atom stereocenters. The second kappa shape index (κ2) is 5.87. The van der Waals surface area contributed by atoms with Crippen LogP contribution in [-0.4, -0.2) is 17.9 Å². The summed E-state index contributed by atoms with van der Waals surface area (Å²) in [5.74, 6) is -0.737. The summed E-state index contributed by atoms with van der Waals surface area (Å²) in [7, 11) is 0. The molecule has 0 saturated carbocycles. The minimum Gasteiger partial charge on any atom is -0.320 e. The smallest absolute Gasteiger partial charge is 0.255 e. The Labute approximate surface area is 94.0 Å². The van der Waals surface area contributed by atoms with Gasteiger partial charge >= 0.3 is 0 Å². The first-order chi connectivity index (χ1) is 7.59. The summed E-state index contributed by atoms with van der Waals surface area (Å²) in [4.78, 5) is 22.0. The summed E-state index contributed by atoms with van der Waals surface area (Å²) in [6, 6.07) is 8.78. The van der Waals surface area contributed by atoms with Crippen LogP contribution in [0.3, 0.4) is 0 Å². The molecule has 4 N–H and O–H groups in total. The highest BCUT2D eigenvalue weighted by Gasteiger charge is 2.13. The van der Waals surface area contributed by atoms with Gasteiger partial charge in [0.15, 0.2) is 0 Å². The molecule has 1 atom stereocenters. The molecule has 0 heterocycles. The number of amides is 2. The molecule has 0 aliphatic rings. The molecule has 86 valence electrons. The van der Waals surface area contributed by atoms with Crippen LogP contribution in [0.15, 0.2) is 30.3 Å². The molecule has 1 aromatic carbocycles. The zero-order valence-corrected chi connectivity index (χ0v) is 9.07. The van der Waals surface area contributed by atoms with Crippen LogP contribution >= 0.6 is 0 Å². The van der Waals surface area contributed by atoms with Gasteiger partial charge in [-0.15, -0.1) is 0 Å². The number of nitrogens with one attached hydrogen (secondary N) is 2. The fourth-order valence-electron chi connectivity index (χ4n) is 1.20. The van der Waals surface area contributed by atoms with Crippen LogP contribution in [0.1, 0.15) is 12.5 Å². The average molecular weight is 221 g/mol. The Morgan fingerprint density at radius 3 is 2.44 bits per heavy atom. The third kappa shape index (κ3) is 4.10. The molecule has 0 spiro atoms. The van der Waals surface area contributed by atoms with E-state index in [0.717, 1.165) is 5.56 Å². The zero-order chi connectivity index (χ0) is 12.0. The number of hydrazine groups is 1. The van der Waals surface area contributed by atoms with E-state index in [-0.39, 0.29) is 5.91 Å². The normalized spacial score (nSPS) is 11.6. The Morgan fingerprint density at radius 2 is 1.88 bits per heavy atom. The van der Waals surface area contributed by atoms with E-state index >= 15 is 0 Å². The number of carbonyl (C=O) groups is 2. The van der Waals surface area contributed by atoms with E-state index < -0.39 is 11.9 Å². The highest BCUT2D eigenvalue weighted by molar-refractivity contribution is 5.84. The third-order valence-electron chi connectivity index (χ3n) is 2.00. The number of hydrogen-bond donors (Lipinski definition) is 3. The zero-order valence-electron chi connectivity index (χ0n) is 9.07. The molecule has 0 aliphatic carbocycles. The monoisotopic (exact) mass is 221 g/mol. The molecule has 0 aliphatic heterocycles. The molecular weight excluding hydrogens is 206 g/mol. The van der Waals surface area contributed by atoms with E-state index in [2.05, 4.69) is 10.9 Å². The molecule has 0 bridgehead atoms. The Kier molecular flexibility index (Phi) is 4.47. The highest BCUT2D eigenvalue weighted by Crippen LogP contribution is 2.01. The molecule has 0 radical (unpaired) electrons. The highest BCUT2D eigenvalue weighted by atomic mass is 16.2. The van der Waals surface area contributed by atoms with Crippen LogP contribution in [0, 0.1) is 0 Å². The molecule has 1 aromatic rings. The van der Waals surface area contributed by atoms with Crippen molar-refractivity contribution in [1.29, 1.82) is 0 Å². The maximum Gasteiger partial charge on any atom is 0.255 e. The van der Waals surface area contributed by atoms with Crippen molar-refractivity contribution >= 4 is 11.8 Å². The minimum atomic E-state index is -0.672. The van der Waals surface area contributed by atoms with E-state index in [1.54, 1.807) is 0 Å². The first-order valence-corrected chi connectivity index (χ1v) is 4.95. The molecule has 0 fully saturated rings. The molecule has 2 amide bonds. The van der Waals surface area contributed by atoms with Crippen LogP contribution in [0.5, 0.6) is 0 Å². The molecule has 5 heteroatoms. The number of benzene rings is 1. The van der Waals surface area contributed by atoms with Gasteiger partial charge in [0.1, 0.15) is 0 Å². The summed E-state index contributed by atoms with van der Waals surface area (Å²) in [5, 5.41) is 0. The van der Waals surface area contributed by atoms with Crippen molar-refractivity contribution in [2.75, 3.05) is 0 Å². The van der Waals surface area contributed by atoms with E-state index in [1.807, 2.05) is 30.3 Å². The van der Waals surface area contributed by atoms with Crippen molar-refractivity contribution in [3.05, 3.63) is 35.9 Å². The predicted octanol–water partition coefficient (Wildman–Crippen LogP) is -0.276. The van der Waals surface area contributed by atoms with Crippen molar-refractivity contribution in [3.8, 4) is 0 Å². The van der Waals surface area contributed by atoms with Gasteiger partial charge < -0.3 is 5.73 Å². The SMILES string of the molecule is CC(=O)NNC(=O)[C@H](N)Cc1ccccc1. The fraction of sp³-hybridized carbons (Fsp3) is 0.273. The Bertz CT molecular complexity index is 365. The van der Waals surface area contributed by atoms with Gasteiger partial charge in [-0.2, -0.15) is 0 Å². The lowest BCUT2D eigenvalue weighted by atomic mass is 10.1. The van der Waals surface area contributed by atoms with Gasteiger partial charge in [-0.1, -0.05) is 30.3 Å². The van der Waals surface area contributed by atoms with Crippen molar-refractivity contribution in [1.82, 2.24) is 10.9 Å². The summed E-state index contributed by atoms with van der Waals surface area (Å²) >= 11 is 0. The Morgan fingerprint density at radius 1 is 1.25 bits per heavy atom. The maximum absolute atomic E-state index is 11.4. The Balaban J connectivity index is 2.43. The number of hydrogen-bond acceptors (Lipinski definition) is 3. The maximum atomic E-state index is 11.4. The van der Waals surface area contributed by atoms with Crippen LogP contribution in [-0.2, 0) is 16.0 Å². The van der Waals surface area contributed by atoms with Crippen molar-refractivity contribution in [2.24, 2.45) is 5.73 Å². The second-order valence-corrected chi connectivity index (χ2v) is 3.47. The van der Waals surface area contributed by atoms with Gasteiger partial charge in [-0.05, 0) is 12.0 Å². The lowest BCUT2D eigenvalue weighted by Gasteiger charge is -2.12. The minimum absolute atomic E-state index is 0.333. The second-order valence-electron chi connectivity index (χ2n) is 3.47. The van der Waals surface area contributed by atoms with Gasteiger partial charge in [0, 0.05) is 6.92 Å². The molecule has 1 rings (SSSR count). The number of carbonyl (C=O) groups excluding carboxylic acids is 2. The standard InChI is InChI=1S/C11H15N3O2/c1-8(15)13-14-11(16)10(12)7-9-5-3-2-4-6-9/h2-6,10H,7,12H2,1H3,(H,13,15)(H,14,16)/t10-/m1/s1. The van der Waals surface area contributed by atoms with Crippen molar-refractivity contribution in [3.63, 3.8) is 0 Å². The molecule has 0 saturated heterocycles. The fourth-order valence-corrected chi connectivity index (χ4v) is 1.20. The van der Waals surface area contributed by atoms with Gasteiger partial charge in [0.25, 0.3) is 5.91 Å². The van der Waals surface area contributed by atoms with E-state index in [0.29, 0.717) is 6.42 Å². The predicted molar refractivity (Wildman–Crippen MR) is 60.1 cm³/mol. The number of nitrogens with two attached hydrogens (primary N) is 1. The van der Waals surface area contributed by atoms with Crippen LogP contribution in [0.4, 0.5) is 0 Å². The summed E-state index contributed by atoms with van der Waals surface area (Å²) < 4.78 is 0. The first-order valence-electron chi connectivity index (χ1n) is 4.95. The summed E-state index contributed by atoms with van der Waals surface area (Å²) in [5.41, 5.74) is 11.1. The van der Waals surface area contributed by atoms with E-state index in [9.17, 15) is 9.59 Å². The molecule has 0 aromatic heterocycles. The van der Waals surface area contributed by atoms with Crippen LogP contribution in [0.25, 0.3) is 0 Å². The largest absolute Gasteiger partial charge is 0.320 e. The lowest BCUT2D eigenvalue weighted by Crippen LogP contribution is -2.49. The molecule has 16 heavy (non-hydrogen) atoms. The first kappa shape index (κ1) is 12.2. The quantitative estimate of drug-likeness (QED) is 0.614. The van der Waals surface area contributed by atoms with E-state index in [1.165, 1.54) is 6.92 Å². The molecular formula is C11H15N3O2. The van der Waals surface area contributed by atoms with Gasteiger partial charge in [-0.3, -0.25) is 20.4 Å². The van der Waals surface area contributed by atoms with Crippen LogP contribution in [0.2, 0.25) is 0 Å². The van der Waals surface area contributed by atoms with Gasteiger partial charge in [0.2, 0.25) is 5.91 Å². The van der Waals surface area contributed by atoms with Crippen molar-refractivity contribution in [2.45, 2.75) is 19.4 Å². The summed E-state index contributed by atoms with van der Waals surface area (Å²) in [6.45, 7) is 1.31. The third-order valence-corrected chi connectivity index (χ3v) is 2.00. The van der Waals surface area contributed by atoms with Crippen molar-refractivity contribution < 1.29 is 9.59 Å². The lowest BCUT2D eigenvalue weighted by molar-refractivity contribution is -0.128. The topological polar surface area (TPSA) is 84.2 Å². The van der Waals surface area contributed by atoms with Gasteiger partial charge in [0.05, 0.1) is 6.04 Å². The average Bonchev–Trinajstić information content (AvgIpc) is 2.27. The van der Waals surface area contributed by atoms with Crippen LogP contribution < -0.4 is 16.6 Å². The summed E-state index contributed by atoms with van der Waals surface area (Å²) in [6.07, 6.45) is 0.437.